The van der Waals surface area contributed by atoms with E-state index < -0.39 is 6.36 Å². The Morgan fingerprint density at radius 2 is 2.12 bits per heavy atom. The molecule has 2 fully saturated rings. The SMILES string of the molecule is CNC[C@@H]1CCCN(C(=O)[C@H]2C[C@@H]2c2ccccc2OC(F)(F)F)C1. The number of hydrogen-bond donors (Lipinski definition) is 1. The van der Waals surface area contributed by atoms with Gasteiger partial charge < -0.3 is 15.0 Å². The lowest BCUT2D eigenvalue weighted by molar-refractivity contribution is -0.274. The average Bonchev–Trinajstić information content (AvgIpc) is 3.34. The molecule has 1 aromatic rings. The van der Waals surface area contributed by atoms with Gasteiger partial charge in [0.1, 0.15) is 5.75 Å². The van der Waals surface area contributed by atoms with Gasteiger partial charge in [0.2, 0.25) is 5.91 Å². The van der Waals surface area contributed by atoms with E-state index in [-0.39, 0.29) is 23.5 Å². The minimum Gasteiger partial charge on any atom is -0.405 e. The highest BCUT2D eigenvalue weighted by Crippen LogP contribution is 2.52. The monoisotopic (exact) mass is 356 g/mol. The van der Waals surface area contributed by atoms with Crippen LogP contribution in [0.1, 0.15) is 30.7 Å². The van der Waals surface area contributed by atoms with Crippen LogP contribution < -0.4 is 10.1 Å². The maximum Gasteiger partial charge on any atom is 0.573 e. The predicted octanol–water partition coefficient (Wildman–Crippen LogP) is 3.15. The number of ether oxygens (including phenoxy) is 1. The van der Waals surface area contributed by atoms with Crippen LogP contribution in [0.15, 0.2) is 24.3 Å². The van der Waals surface area contributed by atoms with Crippen molar-refractivity contribution in [2.24, 2.45) is 11.8 Å². The fourth-order valence-corrected chi connectivity index (χ4v) is 3.77. The van der Waals surface area contributed by atoms with E-state index in [0.29, 0.717) is 17.9 Å². The summed E-state index contributed by atoms with van der Waals surface area (Å²) in [6.45, 7) is 2.34. The molecule has 25 heavy (non-hydrogen) atoms. The van der Waals surface area contributed by atoms with Crippen molar-refractivity contribution < 1.29 is 22.7 Å². The summed E-state index contributed by atoms with van der Waals surface area (Å²) in [5, 5.41) is 3.14. The highest BCUT2D eigenvalue weighted by molar-refractivity contribution is 5.83. The first-order valence-corrected chi connectivity index (χ1v) is 8.67. The van der Waals surface area contributed by atoms with Crippen molar-refractivity contribution in [3.63, 3.8) is 0 Å². The Labute approximate surface area is 145 Å². The summed E-state index contributed by atoms with van der Waals surface area (Å²) in [5.41, 5.74) is 0.474. The van der Waals surface area contributed by atoms with Gasteiger partial charge in [0.15, 0.2) is 0 Å². The molecular formula is C18H23F3N2O2. The Balaban J connectivity index is 1.65. The third-order valence-electron chi connectivity index (χ3n) is 4.98. The van der Waals surface area contributed by atoms with Gasteiger partial charge in [-0.2, -0.15) is 0 Å². The number of carbonyl (C=O) groups is 1. The molecule has 0 bridgehead atoms. The first-order valence-electron chi connectivity index (χ1n) is 8.67. The first kappa shape index (κ1) is 18.0. The third kappa shape index (κ3) is 4.45. The molecule has 1 saturated heterocycles. The minimum atomic E-state index is -4.72. The maximum absolute atomic E-state index is 12.7. The quantitative estimate of drug-likeness (QED) is 0.881. The summed E-state index contributed by atoms with van der Waals surface area (Å²) in [6, 6.07) is 6.13. The van der Waals surface area contributed by atoms with Crippen LogP contribution in [0.25, 0.3) is 0 Å². The van der Waals surface area contributed by atoms with Crippen LogP contribution in [0.4, 0.5) is 13.2 Å². The number of piperidine rings is 1. The molecule has 3 rings (SSSR count). The van der Waals surface area contributed by atoms with Gasteiger partial charge in [-0.25, -0.2) is 0 Å². The van der Waals surface area contributed by atoms with E-state index in [2.05, 4.69) is 10.1 Å². The summed E-state index contributed by atoms with van der Waals surface area (Å²) in [5.74, 6) is -0.0996. The fraction of sp³-hybridized carbons (Fsp3) is 0.611. The zero-order valence-electron chi connectivity index (χ0n) is 14.2. The summed E-state index contributed by atoms with van der Waals surface area (Å²) in [4.78, 5) is 14.6. The van der Waals surface area contributed by atoms with Crippen molar-refractivity contribution in [2.45, 2.75) is 31.5 Å². The number of rotatable bonds is 5. The van der Waals surface area contributed by atoms with Gasteiger partial charge in [-0.3, -0.25) is 4.79 Å². The molecule has 1 aliphatic carbocycles. The number of benzene rings is 1. The van der Waals surface area contributed by atoms with Crippen LogP contribution >= 0.6 is 0 Å². The third-order valence-corrected chi connectivity index (χ3v) is 4.98. The van der Waals surface area contributed by atoms with Crippen LogP contribution in [0.2, 0.25) is 0 Å². The molecule has 1 heterocycles. The van der Waals surface area contributed by atoms with Crippen molar-refractivity contribution in [2.75, 3.05) is 26.7 Å². The number of halogens is 3. The molecule has 1 saturated carbocycles. The molecule has 2 aliphatic rings. The normalized spacial score (nSPS) is 26.4. The zero-order valence-corrected chi connectivity index (χ0v) is 14.2. The molecule has 1 aromatic carbocycles. The van der Waals surface area contributed by atoms with Crippen molar-refractivity contribution in [1.29, 1.82) is 0 Å². The van der Waals surface area contributed by atoms with E-state index in [1.807, 2.05) is 11.9 Å². The number of para-hydroxylation sites is 1. The predicted molar refractivity (Wildman–Crippen MR) is 87.2 cm³/mol. The van der Waals surface area contributed by atoms with E-state index in [0.717, 1.165) is 32.5 Å². The Morgan fingerprint density at radius 1 is 1.36 bits per heavy atom. The topological polar surface area (TPSA) is 41.6 Å². The van der Waals surface area contributed by atoms with Crippen LogP contribution in [0.3, 0.4) is 0 Å². The van der Waals surface area contributed by atoms with E-state index in [1.54, 1.807) is 12.1 Å². The lowest BCUT2D eigenvalue weighted by Gasteiger charge is -2.33. The van der Waals surface area contributed by atoms with Gasteiger partial charge in [0.25, 0.3) is 0 Å². The Kier molecular flexibility index (Phi) is 5.22. The van der Waals surface area contributed by atoms with Gasteiger partial charge in [-0.15, -0.1) is 13.2 Å². The first-order chi connectivity index (χ1) is 11.9. The molecule has 3 atom stereocenters. The second-order valence-electron chi connectivity index (χ2n) is 6.88. The Hall–Kier alpha value is -1.76. The molecule has 0 unspecified atom stereocenters. The fourth-order valence-electron chi connectivity index (χ4n) is 3.77. The lowest BCUT2D eigenvalue weighted by atomic mass is 9.97. The lowest BCUT2D eigenvalue weighted by Crippen LogP contribution is -2.43. The number of nitrogens with zero attached hydrogens (tertiary/aromatic N) is 1. The van der Waals surface area contributed by atoms with Crippen LogP contribution in [-0.4, -0.2) is 43.9 Å². The molecular weight excluding hydrogens is 333 g/mol. The molecule has 0 radical (unpaired) electrons. The molecule has 0 spiro atoms. The molecule has 7 heteroatoms. The minimum absolute atomic E-state index is 0.0626. The second-order valence-corrected chi connectivity index (χ2v) is 6.88. The second kappa shape index (κ2) is 7.23. The van der Waals surface area contributed by atoms with Gasteiger partial charge in [0, 0.05) is 19.0 Å². The molecule has 1 N–H and O–H groups in total. The van der Waals surface area contributed by atoms with Crippen LogP contribution in [0, 0.1) is 11.8 Å². The van der Waals surface area contributed by atoms with Gasteiger partial charge >= 0.3 is 6.36 Å². The van der Waals surface area contributed by atoms with E-state index in [9.17, 15) is 18.0 Å². The van der Waals surface area contributed by atoms with Crippen molar-refractivity contribution in [3.8, 4) is 5.75 Å². The molecule has 138 valence electrons. The zero-order chi connectivity index (χ0) is 18.0. The van der Waals surface area contributed by atoms with E-state index >= 15 is 0 Å². The summed E-state index contributed by atoms with van der Waals surface area (Å²) >= 11 is 0. The smallest absolute Gasteiger partial charge is 0.405 e. The summed E-state index contributed by atoms with van der Waals surface area (Å²) < 4.78 is 41.8. The van der Waals surface area contributed by atoms with Crippen LogP contribution in [-0.2, 0) is 4.79 Å². The number of amides is 1. The molecule has 0 aromatic heterocycles. The Morgan fingerprint density at radius 3 is 2.84 bits per heavy atom. The summed E-state index contributed by atoms with van der Waals surface area (Å²) in [7, 11) is 1.90. The molecule has 4 nitrogen and oxygen atoms in total. The summed E-state index contributed by atoms with van der Waals surface area (Å²) in [6.07, 6.45) is -2.06. The highest BCUT2D eigenvalue weighted by atomic mass is 19.4. The highest BCUT2D eigenvalue weighted by Gasteiger charge is 2.48. The van der Waals surface area contributed by atoms with Gasteiger partial charge in [-0.05, 0) is 56.3 Å². The number of nitrogens with one attached hydrogen (secondary N) is 1. The Bertz CT molecular complexity index is 619. The number of likely N-dealkylation sites (tertiary alicyclic amines) is 1. The molecule has 1 amide bonds. The van der Waals surface area contributed by atoms with E-state index in [1.165, 1.54) is 12.1 Å². The van der Waals surface area contributed by atoms with Crippen molar-refractivity contribution in [3.05, 3.63) is 29.8 Å². The van der Waals surface area contributed by atoms with Crippen molar-refractivity contribution >= 4 is 5.91 Å². The van der Waals surface area contributed by atoms with Crippen molar-refractivity contribution in [1.82, 2.24) is 10.2 Å². The largest absolute Gasteiger partial charge is 0.573 e. The molecule has 1 aliphatic heterocycles. The van der Waals surface area contributed by atoms with Crippen LogP contribution in [0.5, 0.6) is 5.75 Å². The van der Waals surface area contributed by atoms with E-state index in [4.69, 9.17) is 0 Å². The number of carbonyl (C=O) groups excluding carboxylic acids is 1. The number of hydrogen-bond acceptors (Lipinski definition) is 3. The standard InChI is InChI=1S/C18H23F3N2O2/c1-22-10-12-5-4-8-23(11-12)17(24)15-9-14(15)13-6-2-3-7-16(13)25-18(19,20)21/h2-3,6-7,12,14-15,22H,4-5,8-11H2,1H3/t12-,14+,15-/m0/s1. The van der Waals surface area contributed by atoms with Gasteiger partial charge in [-0.1, -0.05) is 18.2 Å². The number of alkyl halides is 3. The average molecular weight is 356 g/mol. The maximum atomic E-state index is 12.7. The van der Waals surface area contributed by atoms with Gasteiger partial charge in [0.05, 0.1) is 0 Å².